The van der Waals surface area contributed by atoms with Crippen molar-refractivity contribution in [3.8, 4) is 5.75 Å². The number of phenols is 1. The number of rotatable bonds is 2. The molecule has 1 rings (SSSR count). The Morgan fingerprint density at radius 3 is 2.08 bits per heavy atom. The first-order valence-corrected chi connectivity index (χ1v) is 3.80. The molecule has 0 aliphatic carbocycles. The monoisotopic (exact) mass is 188 g/mol. The third kappa shape index (κ3) is 1.95. The normalized spacial score (nSPS) is 14.2. The van der Waals surface area contributed by atoms with Crippen molar-refractivity contribution in [3.63, 3.8) is 0 Å². The zero-order valence-corrected chi connectivity index (χ0v) is 7.04. The summed E-state index contributed by atoms with van der Waals surface area (Å²) >= 11 is 0. The van der Waals surface area contributed by atoms with Crippen molar-refractivity contribution >= 4 is 0 Å². The molecule has 0 radical (unpaired) electrons. The molecule has 0 spiro atoms. The molecule has 1 unspecified atom stereocenters. The number of phenolic OH excluding ortho intramolecular Hbond substituents is 1. The molecule has 13 heavy (non-hydrogen) atoms. The largest absolute Gasteiger partial charge is 0.508 e. The van der Waals surface area contributed by atoms with E-state index in [0.717, 1.165) is 31.2 Å². The van der Waals surface area contributed by atoms with E-state index >= 15 is 0 Å². The van der Waals surface area contributed by atoms with Crippen LogP contribution in [0.3, 0.4) is 0 Å². The summed E-state index contributed by atoms with van der Waals surface area (Å²) in [5, 5.41) is 17.6. The second-order valence-corrected chi connectivity index (χ2v) is 2.85. The van der Waals surface area contributed by atoms with Gasteiger partial charge in [-0.3, -0.25) is 0 Å². The van der Waals surface area contributed by atoms with Gasteiger partial charge < -0.3 is 10.2 Å². The van der Waals surface area contributed by atoms with E-state index in [-0.39, 0.29) is 11.3 Å². The van der Waals surface area contributed by atoms with E-state index in [2.05, 4.69) is 0 Å². The highest BCUT2D eigenvalue weighted by Crippen LogP contribution is 2.32. The van der Waals surface area contributed by atoms with Crippen molar-refractivity contribution < 1.29 is 19.0 Å². The fourth-order valence-corrected chi connectivity index (χ4v) is 0.925. The van der Waals surface area contributed by atoms with Crippen LogP contribution in [0.1, 0.15) is 12.5 Å². The first-order valence-electron chi connectivity index (χ1n) is 3.80. The number of hydrogen-bond acceptors (Lipinski definition) is 2. The second kappa shape index (κ2) is 3.30. The summed E-state index contributed by atoms with van der Waals surface area (Å²) in [7, 11) is 0. The predicted molar refractivity (Wildman–Crippen MR) is 43.7 cm³/mol. The molecule has 2 nitrogen and oxygen atoms in total. The Kier molecular flexibility index (Phi) is 2.52. The molecule has 4 heteroatoms. The molecular formula is C9H10F2O2. The summed E-state index contributed by atoms with van der Waals surface area (Å²) in [5.41, 5.74) is -0.305. The van der Waals surface area contributed by atoms with Gasteiger partial charge in [-0.15, -0.1) is 0 Å². The summed E-state index contributed by atoms with van der Waals surface area (Å²) in [5.74, 6) is -3.35. The van der Waals surface area contributed by atoms with E-state index in [1.54, 1.807) is 0 Å². The lowest BCUT2D eigenvalue weighted by Gasteiger charge is -2.19. The number of aromatic hydroxyl groups is 1. The van der Waals surface area contributed by atoms with Crippen LogP contribution in [0.2, 0.25) is 0 Å². The SMILES string of the molecule is CC(O)C(F)(F)c1ccc(O)cc1. The van der Waals surface area contributed by atoms with Crippen LogP contribution in [0.25, 0.3) is 0 Å². The van der Waals surface area contributed by atoms with Crippen molar-refractivity contribution in [1.29, 1.82) is 0 Å². The predicted octanol–water partition coefficient (Wildman–Crippen LogP) is 1.86. The second-order valence-electron chi connectivity index (χ2n) is 2.85. The first-order chi connectivity index (χ1) is 5.94. The molecule has 0 saturated carbocycles. The fourth-order valence-electron chi connectivity index (χ4n) is 0.925. The van der Waals surface area contributed by atoms with Crippen LogP contribution in [-0.2, 0) is 5.92 Å². The molecule has 0 saturated heterocycles. The number of hydrogen-bond donors (Lipinski definition) is 2. The maximum absolute atomic E-state index is 13.1. The fraction of sp³-hybridized carbons (Fsp3) is 0.333. The highest BCUT2D eigenvalue weighted by atomic mass is 19.3. The Morgan fingerprint density at radius 2 is 1.69 bits per heavy atom. The summed E-state index contributed by atoms with van der Waals surface area (Å²) in [6.45, 7) is 1.02. The van der Waals surface area contributed by atoms with E-state index < -0.39 is 12.0 Å². The minimum atomic E-state index is -3.27. The van der Waals surface area contributed by atoms with Crippen molar-refractivity contribution in [2.45, 2.75) is 19.0 Å². The summed E-state index contributed by atoms with van der Waals surface area (Å²) < 4.78 is 26.2. The Labute approximate surface area is 74.4 Å². The highest BCUT2D eigenvalue weighted by molar-refractivity contribution is 5.29. The third-order valence-corrected chi connectivity index (χ3v) is 1.78. The lowest BCUT2D eigenvalue weighted by molar-refractivity contribution is -0.106. The van der Waals surface area contributed by atoms with E-state index in [9.17, 15) is 8.78 Å². The van der Waals surface area contributed by atoms with Gasteiger partial charge in [-0.2, -0.15) is 8.78 Å². The van der Waals surface area contributed by atoms with Crippen LogP contribution in [-0.4, -0.2) is 16.3 Å². The Bertz CT molecular complexity index is 280. The van der Waals surface area contributed by atoms with Gasteiger partial charge in [0.1, 0.15) is 11.9 Å². The Morgan fingerprint density at radius 1 is 1.23 bits per heavy atom. The van der Waals surface area contributed by atoms with Gasteiger partial charge in [-0.1, -0.05) is 0 Å². The van der Waals surface area contributed by atoms with Gasteiger partial charge in [-0.05, 0) is 31.2 Å². The van der Waals surface area contributed by atoms with E-state index in [0.29, 0.717) is 0 Å². The smallest absolute Gasteiger partial charge is 0.298 e. The van der Waals surface area contributed by atoms with E-state index in [1.807, 2.05) is 0 Å². The Hall–Kier alpha value is -1.16. The van der Waals surface area contributed by atoms with Crippen LogP contribution in [0.5, 0.6) is 5.75 Å². The van der Waals surface area contributed by atoms with Crippen molar-refractivity contribution in [2.75, 3.05) is 0 Å². The zero-order valence-electron chi connectivity index (χ0n) is 7.04. The molecule has 0 aliphatic rings. The maximum Gasteiger partial charge on any atom is 0.298 e. The van der Waals surface area contributed by atoms with Gasteiger partial charge in [0.15, 0.2) is 0 Å². The highest BCUT2D eigenvalue weighted by Gasteiger charge is 2.37. The molecule has 72 valence electrons. The standard InChI is InChI=1S/C9H10F2O2/c1-6(12)9(10,11)7-2-4-8(13)5-3-7/h2-6,12-13H,1H3. The van der Waals surface area contributed by atoms with E-state index in [1.165, 1.54) is 0 Å². The molecule has 1 aromatic rings. The molecule has 0 amide bonds. The molecule has 0 fully saturated rings. The average molecular weight is 188 g/mol. The lowest BCUT2D eigenvalue weighted by Crippen LogP contribution is -2.27. The molecule has 0 aromatic heterocycles. The zero-order chi connectivity index (χ0) is 10.1. The van der Waals surface area contributed by atoms with Crippen LogP contribution in [0, 0.1) is 0 Å². The van der Waals surface area contributed by atoms with Crippen molar-refractivity contribution in [1.82, 2.24) is 0 Å². The van der Waals surface area contributed by atoms with Crippen LogP contribution >= 0.6 is 0 Å². The van der Waals surface area contributed by atoms with Gasteiger partial charge in [0, 0.05) is 5.56 Å². The molecule has 1 atom stereocenters. The summed E-state index contributed by atoms with van der Waals surface area (Å²) in [6, 6.07) is 4.49. The Balaban J connectivity index is 3.01. The number of aliphatic hydroxyl groups excluding tert-OH is 1. The first kappa shape index (κ1) is 9.92. The summed E-state index contributed by atoms with van der Waals surface area (Å²) in [6.07, 6.45) is -1.74. The molecule has 0 aliphatic heterocycles. The minimum Gasteiger partial charge on any atom is -0.508 e. The number of alkyl halides is 2. The van der Waals surface area contributed by atoms with Gasteiger partial charge in [0.25, 0.3) is 5.92 Å². The summed E-state index contributed by atoms with van der Waals surface area (Å²) in [4.78, 5) is 0. The molecule has 1 aromatic carbocycles. The van der Waals surface area contributed by atoms with Gasteiger partial charge in [0.05, 0.1) is 0 Å². The van der Waals surface area contributed by atoms with Crippen LogP contribution in [0.4, 0.5) is 8.78 Å². The third-order valence-electron chi connectivity index (χ3n) is 1.78. The number of halogens is 2. The van der Waals surface area contributed by atoms with Gasteiger partial charge in [-0.25, -0.2) is 0 Å². The number of aliphatic hydroxyl groups is 1. The average Bonchev–Trinajstić information content (AvgIpc) is 2.04. The molecule has 0 heterocycles. The lowest BCUT2D eigenvalue weighted by atomic mass is 10.0. The van der Waals surface area contributed by atoms with Crippen LogP contribution in [0.15, 0.2) is 24.3 Å². The molecule has 0 bridgehead atoms. The van der Waals surface area contributed by atoms with Crippen molar-refractivity contribution in [2.24, 2.45) is 0 Å². The van der Waals surface area contributed by atoms with Gasteiger partial charge >= 0.3 is 0 Å². The van der Waals surface area contributed by atoms with Crippen molar-refractivity contribution in [3.05, 3.63) is 29.8 Å². The van der Waals surface area contributed by atoms with E-state index in [4.69, 9.17) is 10.2 Å². The quantitative estimate of drug-likeness (QED) is 0.743. The minimum absolute atomic E-state index is 0.0786. The van der Waals surface area contributed by atoms with Gasteiger partial charge in [0.2, 0.25) is 0 Å². The number of benzene rings is 1. The maximum atomic E-state index is 13.1. The molecular weight excluding hydrogens is 178 g/mol. The topological polar surface area (TPSA) is 40.5 Å². The van der Waals surface area contributed by atoms with Crippen LogP contribution < -0.4 is 0 Å². The molecule has 2 N–H and O–H groups in total.